The monoisotopic (exact) mass is 248 g/mol. The van der Waals surface area contributed by atoms with Gasteiger partial charge in [-0.1, -0.05) is 12.1 Å². The fourth-order valence-corrected chi connectivity index (χ4v) is 1.03. The van der Waals surface area contributed by atoms with Crippen molar-refractivity contribution >= 4 is 11.9 Å². The van der Waals surface area contributed by atoms with Crippen molar-refractivity contribution in [1.29, 1.82) is 0 Å². The van der Waals surface area contributed by atoms with E-state index in [4.69, 9.17) is 0 Å². The average molecular weight is 248 g/mol. The van der Waals surface area contributed by atoms with E-state index in [0.717, 1.165) is 0 Å². The first-order valence-electron chi connectivity index (χ1n) is 4.15. The Labute approximate surface area is 92.3 Å². The van der Waals surface area contributed by atoms with Crippen LogP contribution in [0.15, 0.2) is 36.4 Å². The maximum atomic E-state index is 10.8. The van der Waals surface area contributed by atoms with Gasteiger partial charge >= 0.3 is 24.1 Å². The van der Waals surface area contributed by atoms with Gasteiger partial charge in [-0.3, -0.25) is 0 Å². The van der Waals surface area contributed by atoms with Crippen LogP contribution in [0.1, 0.15) is 20.7 Å². The average Bonchev–Trinajstić information content (AvgIpc) is 2.56. The SMILES string of the molecule is FC(F)=C(F)F.O=C1OC(=O)c2ccccc21. The van der Waals surface area contributed by atoms with E-state index in [9.17, 15) is 27.2 Å². The van der Waals surface area contributed by atoms with Gasteiger partial charge in [0.25, 0.3) is 0 Å². The van der Waals surface area contributed by atoms with Crippen LogP contribution in [0, 0.1) is 0 Å². The van der Waals surface area contributed by atoms with Crippen molar-refractivity contribution < 1.29 is 31.9 Å². The number of benzene rings is 1. The Bertz CT molecular complexity index is 445. The molecule has 3 nitrogen and oxygen atoms in total. The third-order valence-corrected chi connectivity index (χ3v) is 1.70. The van der Waals surface area contributed by atoms with Crippen molar-refractivity contribution in [2.24, 2.45) is 0 Å². The highest BCUT2D eigenvalue weighted by atomic mass is 19.3. The molecule has 1 aromatic carbocycles. The number of esters is 2. The van der Waals surface area contributed by atoms with Crippen LogP contribution < -0.4 is 0 Å². The number of hydrogen-bond acceptors (Lipinski definition) is 3. The van der Waals surface area contributed by atoms with Crippen LogP contribution in [-0.2, 0) is 4.74 Å². The third kappa shape index (κ3) is 3.13. The van der Waals surface area contributed by atoms with E-state index < -0.39 is 24.1 Å². The van der Waals surface area contributed by atoms with Crippen LogP contribution in [-0.4, -0.2) is 11.9 Å². The van der Waals surface area contributed by atoms with Gasteiger partial charge < -0.3 is 4.74 Å². The van der Waals surface area contributed by atoms with E-state index in [2.05, 4.69) is 4.74 Å². The van der Waals surface area contributed by atoms with Crippen LogP contribution in [0.25, 0.3) is 0 Å². The molecule has 0 unspecified atom stereocenters. The van der Waals surface area contributed by atoms with Crippen LogP contribution in [0.4, 0.5) is 17.6 Å². The Morgan fingerprint density at radius 1 is 0.824 bits per heavy atom. The van der Waals surface area contributed by atoms with Crippen LogP contribution in [0.2, 0.25) is 0 Å². The zero-order valence-electron chi connectivity index (χ0n) is 8.05. The third-order valence-electron chi connectivity index (χ3n) is 1.70. The standard InChI is InChI=1S/C8H4O3.C2F4/c9-7-5-3-1-2-4-6(5)8(10)11-7;3-1(4)2(5)6/h1-4H;. The second-order valence-corrected chi connectivity index (χ2v) is 2.74. The summed E-state index contributed by atoms with van der Waals surface area (Å²) in [5, 5.41) is 0. The maximum absolute atomic E-state index is 10.8. The molecule has 0 aromatic heterocycles. The molecule has 0 atom stereocenters. The minimum absolute atomic E-state index is 0.359. The molecular weight excluding hydrogens is 244 g/mol. The van der Waals surface area contributed by atoms with Crippen LogP contribution in [0.5, 0.6) is 0 Å². The number of carbonyl (C=O) groups is 2. The van der Waals surface area contributed by atoms with Crippen molar-refractivity contribution in [2.75, 3.05) is 0 Å². The highest BCUT2D eigenvalue weighted by molar-refractivity contribution is 6.14. The van der Waals surface area contributed by atoms with Crippen LogP contribution >= 0.6 is 0 Å². The Hall–Kier alpha value is -2.18. The van der Waals surface area contributed by atoms with Gasteiger partial charge in [-0.25, -0.2) is 9.59 Å². The number of halogens is 4. The predicted octanol–water partition coefficient (Wildman–Crippen LogP) is 2.99. The number of carbonyl (C=O) groups excluding carboxylic acids is 2. The summed E-state index contributed by atoms with van der Waals surface area (Å²) >= 11 is 0. The fraction of sp³-hybridized carbons (Fsp3) is 0. The van der Waals surface area contributed by atoms with E-state index in [1.165, 1.54) is 0 Å². The van der Waals surface area contributed by atoms with Crippen molar-refractivity contribution in [2.45, 2.75) is 0 Å². The summed E-state index contributed by atoms with van der Waals surface area (Å²) < 4.78 is 45.5. The molecule has 0 bridgehead atoms. The lowest BCUT2D eigenvalue weighted by Crippen LogP contribution is -1.96. The molecule has 7 heteroatoms. The Balaban J connectivity index is 0.000000209. The van der Waals surface area contributed by atoms with Crippen LogP contribution in [0.3, 0.4) is 0 Å². The molecule has 2 rings (SSSR count). The lowest BCUT2D eigenvalue weighted by molar-refractivity contribution is 0.0444. The molecule has 0 spiro atoms. The second kappa shape index (κ2) is 5.24. The van der Waals surface area contributed by atoms with Gasteiger partial charge in [0.15, 0.2) is 0 Å². The quantitative estimate of drug-likeness (QED) is 0.402. The zero-order chi connectivity index (χ0) is 13.0. The largest absolute Gasteiger partial charge is 0.386 e. The summed E-state index contributed by atoms with van der Waals surface area (Å²) in [5.74, 6) is -1.10. The van der Waals surface area contributed by atoms with Gasteiger partial charge in [0.05, 0.1) is 11.1 Å². The molecule has 0 amide bonds. The molecule has 90 valence electrons. The number of rotatable bonds is 0. The summed E-state index contributed by atoms with van der Waals surface area (Å²) in [6.07, 6.45) is -5.81. The van der Waals surface area contributed by atoms with E-state index in [1.54, 1.807) is 24.3 Å². The van der Waals surface area contributed by atoms with Gasteiger partial charge in [-0.15, -0.1) is 0 Å². The Morgan fingerprint density at radius 3 is 1.47 bits per heavy atom. The summed E-state index contributed by atoms with van der Waals surface area (Å²) in [6.45, 7) is 0. The van der Waals surface area contributed by atoms with Gasteiger partial charge in [0, 0.05) is 0 Å². The molecule has 1 aromatic rings. The lowest BCUT2D eigenvalue weighted by Gasteiger charge is -1.86. The zero-order valence-corrected chi connectivity index (χ0v) is 8.05. The molecule has 1 aliphatic rings. The topological polar surface area (TPSA) is 43.4 Å². The molecule has 0 radical (unpaired) electrons. The molecule has 0 fully saturated rings. The highest BCUT2D eigenvalue weighted by Crippen LogP contribution is 2.18. The Kier molecular flexibility index (Phi) is 3.97. The van der Waals surface area contributed by atoms with E-state index in [-0.39, 0.29) is 0 Å². The summed E-state index contributed by atoms with van der Waals surface area (Å²) in [6, 6.07) is 6.53. The number of ether oxygens (including phenoxy) is 1. The highest BCUT2D eigenvalue weighted by Gasteiger charge is 2.28. The number of hydrogen-bond donors (Lipinski definition) is 0. The number of cyclic esters (lactones) is 2. The summed E-state index contributed by atoms with van der Waals surface area (Å²) in [7, 11) is 0. The number of fused-ring (bicyclic) bond motifs is 1. The van der Waals surface area contributed by atoms with Crippen molar-refractivity contribution in [3.63, 3.8) is 0 Å². The van der Waals surface area contributed by atoms with Crippen molar-refractivity contribution in [1.82, 2.24) is 0 Å². The lowest BCUT2D eigenvalue weighted by atomic mass is 10.1. The molecule has 1 aliphatic heterocycles. The van der Waals surface area contributed by atoms with Crippen molar-refractivity contribution in [3.05, 3.63) is 47.6 Å². The van der Waals surface area contributed by atoms with Gasteiger partial charge in [-0.05, 0) is 12.1 Å². The second-order valence-electron chi connectivity index (χ2n) is 2.74. The van der Waals surface area contributed by atoms with Gasteiger partial charge in [-0.2, -0.15) is 17.6 Å². The first-order valence-corrected chi connectivity index (χ1v) is 4.15. The molecule has 17 heavy (non-hydrogen) atoms. The van der Waals surface area contributed by atoms with Gasteiger partial charge in [0.2, 0.25) is 0 Å². The minimum Gasteiger partial charge on any atom is -0.386 e. The minimum atomic E-state index is -2.91. The van der Waals surface area contributed by atoms with E-state index >= 15 is 0 Å². The molecule has 0 saturated heterocycles. The first kappa shape index (κ1) is 12.9. The summed E-state index contributed by atoms with van der Waals surface area (Å²) in [5.41, 5.74) is 0.718. The molecular formula is C10H4F4O3. The normalized spacial score (nSPS) is 12.2. The molecule has 0 N–H and O–H groups in total. The maximum Gasteiger partial charge on any atom is 0.346 e. The molecule has 1 heterocycles. The van der Waals surface area contributed by atoms with Crippen molar-refractivity contribution in [3.8, 4) is 0 Å². The Morgan fingerprint density at radius 2 is 1.18 bits per heavy atom. The fourth-order valence-electron chi connectivity index (χ4n) is 1.03. The first-order chi connectivity index (χ1) is 7.93. The van der Waals surface area contributed by atoms with E-state index in [0.29, 0.717) is 11.1 Å². The van der Waals surface area contributed by atoms with Gasteiger partial charge in [0.1, 0.15) is 0 Å². The smallest absolute Gasteiger partial charge is 0.346 e. The molecule has 0 aliphatic carbocycles. The van der Waals surface area contributed by atoms with E-state index in [1.807, 2.05) is 0 Å². The predicted molar refractivity (Wildman–Crippen MR) is 47.6 cm³/mol. The molecule has 0 saturated carbocycles. The summed E-state index contributed by atoms with van der Waals surface area (Å²) in [4.78, 5) is 21.7.